The van der Waals surface area contributed by atoms with Crippen molar-refractivity contribution in [3.05, 3.63) is 22.4 Å². The molecule has 0 saturated heterocycles. The summed E-state index contributed by atoms with van der Waals surface area (Å²) < 4.78 is 0. The molecule has 0 aliphatic rings. The summed E-state index contributed by atoms with van der Waals surface area (Å²) in [4.78, 5) is 87.5. The highest BCUT2D eigenvalue weighted by Crippen LogP contribution is 2.09. The molecule has 0 spiro atoms. The number of hydrogen-bond acceptors (Lipinski definition) is 8. The first-order valence-corrected chi connectivity index (χ1v) is 13.7. The number of nitrogens with one attached hydrogen (secondary N) is 4. The highest BCUT2D eigenvalue weighted by Gasteiger charge is 2.29. The highest BCUT2D eigenvalue weighted by atomic mass is 32.1. The molecule has 0 saturated carbocycles. The number of hydrogen-bond donors (Lipinski definition) is 6. The normalized spacial score (nSPS) is 12.1. The fourth-order valence-corrected chi connectivity index (χ4v) is 4.26. The summed E-state index contributed by atoms with van der Waals surface area (Å²) in [6.07, 6.45) is 0.417. The van der Waals surface area contributed by atoms with Gasteiger partial charge < -0.3 is 37.6 Å². The fraction of sp³-hybridized carbons (Fsp3) is 0.560. The monoisotopic (exact) mass is 581 g/mol. The molecule has 222 valence electrons. The number of carbonyl (C=O) groups is 7. The molecule has 2 atom stereocenters. The van der Waals surface area contributed by atoms with E-state index in [1.165, 1.54) is 16.2 Å². The van der Waals surface area contributed by atoms with E-state index in [2.05, 4.69) is 21.3 Å². The van der Waals surface area contributed by atoms with E-state index in [1.807, 2.05) is 13.8 Å². The van der Waals surface area contributed by atoms with Gasteiger partial charge in [-0.1, -0.05) is 26.8 Å². The molecule has 14 nitrogen and oxygen atoms in total. The molecule has 0 unspecified atom stereocenters. The largest absolute Gasteiger partial charge is 0.370 e. The lowest BCUT2D eigenvalue weighted by atomic mass is 10.0. The molecule has 8 N–H and O–H groups in total. The van der Waals surface area contributed by atoms with E-state index in [-0.39, 0.29) is 31.7 Å². The Labute approximate surface area is 237 Å². The summed E-state index contributed by atoms with van der Waals surface area (Å²) in [5.41, 5.74) is 10.3. The minimum atomic E-state index is -1.19. The first kappa shape index (κ1) is 34.0. The minimum absolute atomic E-state index is 0.0201. The first-order chi connectivity index (χ1) is 18.8. The number of primary amides is 2. The number of rotatable bonds is 18. The van der Waals surface area contributed by atoms with Crippen LogP contribution >= 0.6 is 11.3 Å². The van der Waals surface area contributed by atoms with Crippen LogP contribution in [0.2, 0.25) is 0 Å². The van der Waals surface area contributed by atoms with Gasteiger partial charge in [0.1, 0.15) is 12.1 Å². The molecule has 0 aliphatic carbocycles. The third-order valence-electron chi connectivity index (χ3n) is 5.40. The summed E-state index contributed by atoms with van der Waals surface area (Å²) in [6.45, 7) is 4.40. The third kappa shape index (κ3) is 13.2. The van der Waals surface area contributed by atoms with Crippen molar-refractivity contribution < 1.29 is 33.6 Å². The third-order valence-corrected chi connectivity index (χ3v) is 6.27. The van der Waals surface area contributed by atoms with Crippen molar-refractivity contribution in [3.63, 3.8) is 0 Å². The van der Waals surface area contributed by atoms with Crippen LogP contribution in [-0.4, -0.2) is 84.5 Å². The summed E-state index contributed by atoms with van der Waals surface area (Å²) in [7, 11) is 0. The second kappa shape index (κ2) is 17.6. The van der Waals surface area contributed by atoms with Gasteiger partial charge in [-0.2, -0.15) is 0 Å². The Bertz CT molecular complexity index is 1050. The van der Waals surface area contributed by atoms with Gasteiger partial charge in [0.05, 0.1) is 24.5 Å². The van der Waals surface area contributed by atoms with Crippen molar-refractivity contribution >= 4 is 52.7 Å². The van der Waals surface area contributed by atoms with Gasteiger partial charge in [0.2, 0.25) is 35.4 Å². The summed E-state index contributed by atoms with van der Waals surface area (Å²) >= 11 is 1.20. The summed E-state index contributed by atoms with van der Waals surface area (Å²) in [6, 6.07) is 1.12. The molecule has 0 bridgehead atoms. The maximum Gasteiger partial charge on any atom is 0.261 e. The van der Waals surface area contributed by atoms with E-state index < -0.39 is 73.1 Å². The lowest BCUT2D eigenvalue weighted by Crippen LogP contribution is -2.55. The molecule has 40 heavy (non-hydrogen) atoms. The maximum absolute atomic E-state index is 13.4. The van der Waals surface area contributed by atoms with Gasteiger partial charge in [0, 0.05) is 13.0 Å². The fourth-order valence-electron chi connectivity index (χ4n) is 3.62. The molecule has 0 radical (unpaired) electrons. The lowest BCUT2D eigenvalue weighted by Gasteiger charge is -2.28. The van der Waals surface area contributed by atoms with Gasteiger partial charge in [0.25, 0.3) is 5.91 Å². The zero-order valence-electron chi connectivity index (χ0n) is 23.0. The minimum Gasteiger partial charge on any atom is -0.370 e. The first-order valence-electron chi connectivity index (χ1n) is 12.9. The van der Waals surface area contributed by atoms with E-state index >= 15 is 0 Å². The van der Waals surface area contributed by atoms with Crippen LogP contribution in [0.1, 0.15) is 56.1 Å². The van der Waals surface area contributed by atoms with Gasteiger partial charge in [-0.15, -0.1) is 11.3 Å². The number of nitrogens with zero attached hydrogens (tertiary/aromatic N) is 1. The van der Waals surface area contributed by atoms with E-state index in [4.69, 9.17) is 11.5 Å². The SMILES string of the molecule is CCCN(CC(=O)N[C@@H](CC(C)C)C(=O)NCC(N)=O)C(=O)[C@H](CCC(N)=O)NC(=O)CNC(=O)c1cccs1. The molecular formula is C25H39N7O7S. The van der Waals surface area contributed by atoms with Crippen molar-refractivity contribution in [2.24, 2.45) is 17.4 Å². The van der Waals surface area contributed by atoms with Crippen molar-refractivity contribution in [2.45, 2.75) is 58.5 Å². The van der Waals surface area contributed by atoms with Crippen molar-refractivity contribution in [3.8, 4) is 0 Å². The average molecular weight is 582 g/mol. The van der Waals surface area contributed by atoms with Crippen molar-refractivity contribution in [2.75, 3.05) is 26.2 Å². The zero-order valence-corrected chi connectivity index (χ0v) is 23.8. The molecule has 1 aromatic heterocycles. The Hall–Kier alpha value is -4.01. The second-order valence-corrected chi connectivity index (χ2v) is 10.4. The molecule has 15 heteroatoms. The molecule has 7 amide bonds. The Morgan fingerprint density at radius 1 is 0.925 bits per heavy atom. The maximum atomic E-state index is 13.4. The van der Waals surface area contributed by atoms with Crippen LogP contribution in [0, 0.1) is 5.92 Å². The number of nitrogens with two attached hydrogens (primary N) is 2. The van der Waals surface area contributed by atoms with E-state index in [0.29, 0.717) is 11.3 Å². The molecule has 0 fully saturated rings. The Kier molecular flexibility index (Phi) is 14.9. The molecule has 0 aliphatic heterocycles. The van der Waals surface area contributed by atoms with Crippen molar-refractivity contribution in [1.82, 2.24) is 26.2 Å². The summed E-state index contributed by atoms with van der Waals surface area (Å²) in [5, 5.41) is 11.6. The predicted octanol–water partition coefficient (Wildman–Crippen LogP) is -1.40. The molecule has 0 aromatic carbocycles. The Balaban J connectivity index is 2.93. The van der Waals surface area contributed by atoms with Gasteiger partial charge in [0.15, 0.2) is 0 Å². The topological polar surface area (TPSA) is 223 Å². The molecule has 1 aromatic rings. The van der Waals surface area contributed by atoms with E-state index in [0.717, 1.165) is 0 Å². The molecule has 1 heterocycles. The van der Waals surface area contributed by atoms with Crippen LogP contribution in [-0.2, 0) is 28.8 Å². The number of amides is 7. The van der Waals surface area contributed by atoms with Gasteiger partial charge in [-0.05, 0) is 36.6 Å². The predicted molar refractivity (Wildman–Crippen MR) is 147 cm³/mol. The van der Waals surface area contributed by atoms with Crippen LogP contribution in [0.5, 0.6) is 0 Å². The van der Waals surface area contributed by atoms with Gasteiger partial charge in [-0.3, -0.25) is 33.6 Å². The highest BCUT2D eigenvalue weighted by molar-refractivity contribution is 7.12. The van der Waals surface area contributed by atoms with Crippen LogP contribution in [0.15, 0.2) is 17.5 Å². The quantitative estimate of drug-likeness (QED) is 0.121. The zero-order chi connectivity index (χ0) is 30.2. The van der Waals surface area contributed by atoms with E-state index in [9.17, 15) is 33.6 Å². The van der Waals surface area contributed by atoms with Crippen LogP contribution in [0.25, 0.3) is 0 Å². The molecular weight excluding hydrogens is 542 g/mol. The lowest BCUT2D eigenvalue weighted by molar-refractivity contribution is -0.140. The second-order valence-electron chi connectivity index (χ2n) is 9.48. The molecule has 1 rings (SSSR count). The summed E-state index contributed by atoms with van der Waals surface area (Å²) in [5.74, 6) is -4.38. The van der Waals surface area contributed by atoms with Crippen LogP contribution in [0.3, 0.4) is 0 Å². The van der Waals surface area contributed by atoms with Gasteiger partial charge >= 0.3 is 0 Å². The van der Waals surface area contributed by atoms with Gasteiger partial charge in [-0.25, -0.2) is 0 Å². The number of thiophene rings is 1. The standard InChI is InChI=1S/C25H39N7O7S/c1-4-9-32(14-22(36)31-17(11-15(2)3)23(37)28-12-20(27)34)25(39)16(7-8-19(26)33)30-21(35)13-29-24(38)18-6-5-10-40-18/h5-6,10,15-17H,4,7-9,11-14H2,1-3H3,(H2,26,33)(H2,27,34)(H,28,37)(H,29,38)(H,30,35)(H,31,36)/t16-,17-/m0/s1. The average Bonchev–Trinajstić information content (AvgIpc) is 3.42. The van der Waals surface area contributed by atoms with Crippen LogP contribution < -0.4 is 32.7 Å². The van der Waals surface area contributed by atoms with E-state index in [1.54, 1.807) is 24.4 Å². The smallest absolute Gasteiger partial charge is 0.261 e. The van der Waals surface area contributed by atoms with Crippen LogP contribution in [0.4, 0.5) is 0 Å². The van der Waals surface area contributed by atoms with Crippen molar-refractivity contribution in [1.29, 1.82) is 0 Å². The Morgan fingerprint density at radius 3 is 2.15 bits per heavy atom. The Morgan fingerprint density at radius 2 is 1.60 bits per heavy atom. The number of carbonyl (C=O) groups excluding carboxylic acids is 7.